The zero-order valence-corrected chi connectivity index (χ0v) is 14.1. The van der Waals surface area contributed by atoms with Gasteiger partial charge in [-0.25, -0.2) is 4.79 Å². The minimum atomic E-state index is -0.361. The smallest absolute Gasteiger partial charge is 0.321 e. The Kier molecular flexibility index (Phi) is 5.46. The summed E-state index contributed by atoms with van der Waals surface area (Å²) in [6.45, 7) is 9.49. The molecule has 2 amide bonds. The average Bonchev–Trinajstić information content (AvgIpc) is 2.49. The maximum atomic E-state index is 12.6. The summed E-state index contributed by atoms with van der Waals surface area (Å²) < 4.78 is 0. The van der Waals surface area contributed by atoms with E-state index in [4.69, 9.17) is 0 Å². The molecule has 1 aliphatic heterocycles. The van der Waals surface area contributed by atoms with Crippen LogP contribution in [0, 0.1) is 12.8 Å². The van der Waals surface area contributed by atoms with E-state index in [1.54, 1.807) is 0 Å². The van der Waals surface area contributed by atoms with E-state index in [1.165, 1.54) is 0 Å². The highest BCUT2D eigenvalue weighted by molar-refractivity contribution is 5.91. The Labute approximate surface area is 133 Å². The molecule has 2 atom stereocenters. The quantitative estimate of drug-likeness (QED) is 0.893. The van der Waals surface area contributed by atoms with Crippen LogP contribution in [0.4, 0.5) is 10.5 Å². The number of aliphatic hydroxyl groups excluding tert-OH is 1. The Hall–Kier alpha value is -1.55. The molecule has 2 rings (SSSR count). The zero-order valence-electron chi connectivity index (χ0n) is 14.1. The summed E-state index contributed by atoms with van der Waals surface area (Å²) in [5.74, 6) is 0.544. The van der Waals surface area contributed by atoms with Crippen LogP contribution in [0.5, 0.6) is 0 Å². The second-order valence-corrected chi connectivity index (χ2v) is 6.71. The number of rotatable bonds is 3. The Bertz CT molecular complexity index is 526. The van der Waals surface area contributed by atoms with Crippen LogP contribution in [-0.4, -0.2) is 35.2 Å². The molecule has 0 radical (unpaired) electrons. The molecule has 2 N–H and O–H groups in total. The van der Waals surface area contributed by atoms with Crippen LogP contribution in [0.15, 0.2) is 18.2 Å². The maximum Gasteiger partial charge on any atom is 0.321 e. The molecule has 2 unspecified atom stereocenters. The average molecular weight is 304 g/mol. The van der Waals surface area contributed by atoms with E-state index in [0.717, 1.165) is 36.2 Å². The van der Waals surface area contributed by atoms with Crippen molar-refractivity contribution in [3.63, 3.8) is 0 Å². The summed E-state index contributed by atoms with van der Waals surface area (Å²) >= 11 is 0. The SMILES string of the molecule is Cc1cccc(C(C)C)c1NC(=O)N1CCCC(C(C)O)C1. The molecule has 0 spiro atoms. The van der Waals surface area contributed by atoms with E-state index in [9.17, 15) is 9.90 Å². The van der Waals surface area contributed by atoms with Crippen LogP contribution >= 0.6 is 0 Å². The Balaban J connectivity index is 2.12. The van der Waals surface area contributed by atoms with Gasteiger partial charge >= 0.3 is 6.03 Å². The van der Waals surface area contributed by atoms with Crippen molar-refractivity contribution in [2.45, 2.75) is 52.6 Å². The molecule has 0 bridgehead atoms. The molecule has 1 saturated heterocycles. The lowest BCUT2D eigenvalue weighted by molar-refractivity contribution is 0.0766. The van der Waals surface area contributed by atoms with Crippen LogP contribution in [0.1, 0.15) is 50.7 Å². The number of aryl methyl sites for hydroxylation is 1. The Morgan fingerprint density at radius 3 is 2.73 bits per heavy atom. The first-order valence-corrected chi connectivity index (χ1v) is 8.23. The highest BCUT2D eigenvalue weighted by atomic mass is 16.3. The highest BCUT2D eigenvalue weighted by Gasteiger charge is 2.27. The minimum Gasteiger partial charge on any atom is -0.393 e. The molecule has 22 heavy (non-hydrogen) atoms. The number of nitrogens with one attached hydrogen (secondary N) is 1. The number of para-hydroxylation sites is 1. The molecular weight excluding hydrogens is 276 g/mol. The highest BCUT2D eigenvalue weighted by Crippen LogP contribution is 2.28. The third-order valence-corrected chi connectivity index (χ3v) is 4.59. The number of urea groups is 1. The van der Waals surface area contributed by atoms with Crippen molar-refractivity contribution in [3.8, 4) is 0 Å². The number of benzene rings is 1. The number of nitrogens with zero attached hydrogens (tertiary/aromatic N) is 1. The van der Waals surface area contributed by atoms with E-state index < -0.39 is 0 Å². The number of carbonyl (C=O) groups is 1. The van der Waals surface area contributed by atoms with E-state index >= 15 is 0 Å². The number of amides is 2. The predicted octanol–water partition coefficient (Wildman–Crippen LogP) is 3.74. The number of anilines is 1. The van der Waals surface area contributed by atoms with Gasteiger partial charge in [-0.3, -0.25) is 0 Å². The van der Waals surface area contributed by atoms with Crippen molar-refractivity contribution in [2.24, 2.45) is 5.92 Å². The lowest BCUT2D eigenvalue weighted by Gasteiger charge is -2.34. The van der Waals surface area contributed by atoms with Crippen LogP contribution in [-0.2, 0) is 0 Å². The normalized spacial score (nSPS) is 20.1. The number of piperidine rings is 1. The summed E-state index contributed by atoms with van der Waals surface area (Å²) in [5, 5.41) is 12.9. The first-order chi connectivity index (χ1) is 10.4. The van der Waals surface area contributed by atoms with Crippen LogP contribution in [0.25, 0.3) is 0 Å². The first kappa shape index (κ1) is 16.8. The van der Waals surface area contributed by atoms with Gasteiger partial charge in [-0.2, -0.15) is 0 Å². The molecule has 1 aliphatic rings. The van der Waals surface area contributed by atoms with Crippen molar-refractivity contribution >= 4 is 11.7 Å². The van der Waals surface area contributed by atoms with E-state index in [0.29, 0.717) is 12.5 Å². The molecule has 122 valence electrons. The van der Waals surface area contributed by atoms with Gasteiger partial charge in [-0.05, 0) is 43.7 Å². The standard InChI is InChI=1S/C18H28N2O2/c1-12(2)16-9-5-7-13(3)17(16)19-18(22)20-10-6-8-15(11-20)14(4)21/h5,7,9,12,14-15,21H,6,8,10-11H2,1-4H3,(H,19,22). The molecule has 4 heteroatoms. The summed E-state index contributed by atoms with van der Waals surface area (Å²) in [7, 11) is 0. The number of hydrogen-bond acceptors (Lipinski definition) is 2. The topological polar surface area (TPSA) is 52.6 Å². The first-order valence-electron chi connectivity index (χ1n) is 8.23. The number of hydrogen-bond donors (Lipinski definition) is 2. The molecule has 1 aromatic rings. The Morgan fingerprint density at radius 1 is 1.36 bits per heavy atom. The van der Waals surface area contributed by atoms with Gasteiger partial charge < -0.3 is 15.3 Å². The van der Waals surface area contributed by atoms with Gasteiger partial charge in [0.25, 0.3) is 0 Å². The van der Waals surface area contributed by atoms with Gasteiger partial charge in [-0.1, -0.05) is 32.0 Å². The third-order valence-electron chi connectivity index (χ3n) is 4.59. The van der Waals surface area contributed by atoms with Crippen molar-refractivity contribution in [2.75, 3.05) is 18.4 Å². The van der Waals surface area contributed by atoms with Crippen molar-refractivity contribution in [1.29, 1.82) is 0 Å². The molecular formula is C18H28N2O2. The van der Waals surface area contributed by atoms with Crippen molar-refractivity contribution in [3.05, 3.63) is 29.3 Å². The zero-order chi connectivity index (χ0) is 16.3. The van der Waals surface area contributed by atoms with Crippen molar-refractivity contribution in [1.82, 2.24) is 4.90 Å². The lowest BCUT2D eigenvalue weighted by atomic mass is 9.93. The maximum absolute atomic E-state index is 12.6. The molecule has 1 heterocycles. The summed E-state index contributed by atoms with van der Waals surface area (Å²) in [6, 6.07) is 6.07. The number of likely N-dealkylation sites (tertiary alicyclic amines) is 1. The van der Waals surface area contributed by atoms with Crippen LogP contribution < -0.4 is 5.32 Å². The summed E-state index contributed by atoms with van der Waals surface area (Å²) in [4.78, 5) is 14.4. The third kappa shape index (κ3) is 3.80. The van der Waals surface area contributed by atoms with Gasteiger partial charge in [0.05, 0.1) is 6.10 Å². The molecule has 0 aromatic heterocycles. The molecule has 0 saturated carbocycles. The summed E-state index contributed by atoms with van der Waals surface area (Å²) in [6.07, 6.45) is 1.58. The summed E-state index contributed by atoms with van der Waals surface area (Å²) in [5.41, 5.74) is 3.18. The Morgan fingerprint density at radius 2 is 2.09 bits per heavy atom. The fourth-order valence-corrected chi connectivity index (χ4v) is 3.12. The van der Waals surface area contributed by atoms with Gasteiger partial charge in [0.1, 0.15) is 0 Å². The second kappa shape index (κ2) is 7.14. The van der Waals surface area contributed by atoms with E-state index in [1.807, 2.05) is 30.9 Å². The number of aliphatic hydroxyl groups is 1. The fourth-order valence-electron chi connectivity index (χ4n) is 3.12. The van der Waals surface area contributed by atoms with E-state index in [-0.39, 0.29) is 18.1 Å². The van der Waals surface area contributed by atoms with Crippen LogP contribution in [0.3, 0.4) is 0 Å². The fraction of sp³-hybridized carbons (Fsp3) is 0.611. The largest absolute Gasteiger partial charge is 0.393 e. The second-order valence-electron chi connectivity index (χ2n) is 6.71. The van der Waals surface area contributed by atoms with Crippen molar-refractivity contribution < 1.29 is 9.90 Å². The van der Waals surface area contributed by atoms with Gasteiger partial charge in [0.2, 0.25) is 0 Å². The minimum absolute atomic E-state index is 0.0541. The van der Waals surface area contributed by atoms with Gasteiger partial charge in [0, 0.05) is 24.7 Å². The van der Waals surface area contributed by atoms with Gasteiger partial charge in [0.15, 0.2) is 0 Å². The van der Waals surface area contributed by atoms with Gasteiger partial charge in [-0.15, -0.1) is 0 Å². The predicted molar refractivity (Wildman–Crippen MR) is 90.3 cm³/mol. The molecule has 4 nitrogen and oxygen atoms in total. The van der Waals surface area contributed by atoms with E-state index in [2.05, 4.69) is 25.2 Å². The number of carbonyl (C=O) groups excluding carboxylic acids is 1. The molecule has 1 aromatic carbocycles. The monoisotopic (exact) mass is 304 g/mol. The molecule has 1 fully saturated rings. The molecule has 0 aliphatic carbocycles. The van der Waals surface area contributed by atoms with Crippen LogP contribution in [0.2, 0.25) is 0 Å². The lowest BCUT2D eigenvalue weighted by Crippen LogP contribution is -2.45.